The fourth-order valence-electron chi connectivity index (χ4n) is 4.25. The van der Waals surface area contributed by atoms with Gasteiger partial charge in [0.25, 0.3) is 0 Å². The van der Waals surface area contributed by atoms with Crippen LogP contribution in [-0.2, 0) is 6.42 Å². The van der Waals surface area contributed by atoms with Gasteiger partial charge in [0.05, 0.1) is 0 Å². The van der Waals surface area contributed by atoms with E-state index in [0.717, 1.165) is 0 Å². The highest BCUT2D eigenvalue weighted by molar-refractivity contribution is 5.63. The molecule has 0 saturated carbocycles. The Bertz CT molecular complexity index is 485. The van der Waals surface area contributed by atoms with E-state index < -0.39 is 0 Å². The molecule has 1 unspecified atom stereocenters. The maximum Gasteiger partial charge on any atom is 0.0435 e. The third kappa shape index (κ3) is 2.47. The smallest absolute Gasteiger partial charge is 0.0435 e. The molecule has 0 bridgehead atoms. The van der Waals surface area contributed by atoms with Crippen molar-refractivity contribution in [1.29, 1.82) is 0 Å². The highest BCUT2D eigenvalue weighted by Crippen LogP contribution is 2.49. The molecule has 1 aliphatic rings. The molecule has 0 aliphatic carbocycles. The largest absolute Gasteiger partial charge is 0.363 e. The van der Waals surface area contributed by atoms with Crippen molar-refractivity contribution in [3.05, 3.63) is 29.3 Å². The zero-order valence-corrected chi connectivity index (χ0v) is 14.4. The first-order valence-electron chi connectivity index (χ1n) is 8.08. The van der Waals surface area contributed by atoms with E-state index in [4.69, 9.17) is 0 Å². The van der Waals surface area contributed by atoms with Gasteiger partial charge in [-0.25, -0.2) is 0 Å². The highest BCUT2D eigenvalue weighted by atomic mass is 15.3. The molecule has 0 N–H and O–H groups in total. The zero-order valence-electron chi connectivity index (χ0n) is 14.4. The molecule has 1 aromatic rings. The minimum absolute atomic E-state index is 0.234. The normalized spacial score (nSPS) is 24.1. The molecule has 1 heteroatoms. The van der Waals surface area contributed by atoms with E-state index in [9.17, 15) is 0 Å². The van der Waals surface area contributed by atoms with Crippen LogP contribution < -0.4 is 4.90 Å². The summed E-state index contributed by atoms with van der Waals surface area (Å²) in [6, 6.07) is 7.37. The van der Waals surface area contributed by atoms with Crippen LogP contribution in [0.2, 0.25) is 0 Å². The van der Waals surface area contributed by atoms with E-state index in [1.807, 2.05) is 0 Å². The number of para-hydroxylation sites is 1. The molecule has 1 saturated heterocycles. The highest BCUT2D eigenvalue weighted by Gasteiger charge is 2.49. The van der Waals surface area contributed by atoms with Crippen molar-refractivity contribution < 1.29 is 0 Å². The van der Waals surface area contributed by atoms with Gasteiger partial charge < -0.3 is 4.90 Å². The summed E-state index contributed by atoms with van der Waals surface area (Å²) in [5, 5.41) is 0. The second-order valence-electron chi connectivity index (χ2n) is 7.86. The Balaban J connectivity index is 2.55. The summed E-state index contributed by atoms with van der Waals surface area (Å²) < 4.78 is 0. The predicted octanol–water partition coefficient (Wildman–Crippen LogP) is 5.35. The quantitative estimate of drug-likeness (QED) is 0.717. The number of anilines is 1. The topological polar surface area (TPSA) is 3.24 Å². The fourth-order valence-corrected chi connectivity index (χ4v) is 4.25. The first kappa shape index (κ1) is 15.4. The van der Waals surface area contributed by atoms with Crippen LogP contribution in [0.4, 0.5) is 5.69 Å². The van der Waals surface area contributed by atoms with Crippen LogP contribution in [-0.4, -0.2) is 11.6 Å². The van der Waals surface area contributed by atoms with Gasteiger partial charge in [-0.05, 0) is 57.1 Å². The van der Waals surface area contributed by atoms with Crippen molar-refractivity contribution in [3.8, 4) is 0 Å². The molecule has 1 aliphatic heterocycles. The predicted molar refractivity (Wildman–Crippen MR) is 89.6 cm³/mol. The van der Waals surface area contributed by atoms with E-state index in [-0.39, 0.29) is 5.54 Å². The van der Waals surface area contributed by atoms with Crippen LogP contribution in [0.15, 0.2) is 18.2 Å². The summed E-state index contributed by atoms with van der Waals surface area (Å²) in [7, 11) is 0. The Kier molecular flexibility index (Phi) is 3.92. The Morgan fingerprint density at radius 1 is 1.20 bits per heavy atom. The van der Waals surface area contributed by atoms with Crippen molar-refractivity contribution in [2.75, 3.05) is 4.90 Å². The van der Waals surface area contributed by atoms with Gasteiger partial charge in [-0.3, -0.25) is 0 Å². The van der Waals surface area contributed by atoms with Crippen LogP contribution >= 0.6 is 0 Å². The molecule has 20 heavy (non-hydrogen) atoms. The molecular weight excluding hydrogens is 242 g/mol. The monoisotopic (exact) mass is 273 g/mol. The molecule has 1 nitrogen and oxygen atoms in total. The van der Waals surface area contributed by atoms with E-state index >= 15 is 0 Å². The number of hydrogen-bond acceptors (Lipinski definition) is 1. The molecule has 0 amide bonds. The van der Waals surface area contributed by atoms with E-state index in [0.29, 0.717) is 11.5 Å². The molecule has 1 fully saturated rings. The van der Waals surface area contributed by atoms with E-state index in [2.05, 4.69) is 71.6 Å². The third-order valence-electron chi connectivity index (χ3n) is 5.14. The van der Waals surface area contributed by atoms with Crippen molar-refractivity contribution in [2.45, 2.75) is 79.3 Å². The molecule has 112 valence electrons. The number of benzene rings is 1. The van der Waals surface area contributed by atoms with Gasteiger partial charge in [-0.1, -0.05) is 45.4 Å². The Morgan fingerprint density at radius 2 is 1.85 bits per heavy atom. The van der Waals surface area contributed by atoms with E-state index in [1.54, 1.807) is 0 Å². The lowest BCUT2D eigenvalue weighted by atomic mass is 9.82. The van der Waals surface area contributed by atoms with Crippen LogP contribution in [0, 0.1) is 12.3 Å². The SMILES string of the molecule is CCCc1cccc(C)c1N1C(C)C(C)(C)CC1(C)C. The Morgan fingerprint density at radius 3 is 2.35 bits per heavy atom. The van der Waals surface area contributed by atoms with Crippen LogP contribution in [0.3, 0.4) is 0 Å². The maximum atomic E-state index is 2.70. The van der Waals surface area contributed by atoms with Crippen molar-refractivity contribution in [3.63, 3.8) is 0 Å². The summed E-state index contributed by atoms with van der Waals surface area (Å²) in [5.74, 6) is 0. The first-order valence-corrected chi connectivity index (χ1v) is 8.08. The number of hydrogen-bond donors (Lipinski definition) is 0. The van der Waals surface area contributed by atoms with Crippen molar-refractivity contribution in [1.82, 2.24) is 0 Å². The van der Waals surface area contributed by atoms with Crippen LogP contribution in [0.1, 0.15) is 65.5 Å². The molecule has 2 rings (SSSR count). The molecule has 0 radical (unpaired) electrons. The van der Waals surface area contributed by atoms with Gasteiger partial charge in [0.1, 0.15) is 0 Å². The van der Waals surface area contributed by atoms with E-state index in [1.165, 1.54) is 36.1 Å². The fraction of sp³-hybridized carbons (Fsp3) is 0.684. The second kappa shape index (κ2) is 5.09. The summed E-state index contributed by atoms with van der Waals surface area (Å²) in [6.45, 7) is 16.6. The Labute approximate surface area is 125 Å². The lowest BCUT2D eigenvalue weighted by Gasteiger charge is -2.40. The first-order chi connectivity index (χ1) is 9.20. The van der Waals surface area contributed by atoms with Crippen LogP contribution in [0.25, 0.3) is 0 Å². The molecule has 1 atom stereocenters. The van der Waals surface area contributed by atoms with Gasteiger partial charge in [0.2, 0.25) is 0 Å². The summed E-state index contributed by atoms with van der Waals surface area (Å²) >= 11 is 0. The lowest BCUT2D eigenvalue weighted by molar-refractivity contribution is 0.329. The number of rotatable bonds is 3. The second-order valence-corrected chi connectivity index (χ2v) is 7.86. The summed E-state index contributed by atoms with van der Waals surface area (Å²) in [6.07, 6.45) is 3.64. The van der Waals surface area contributed by atoms with Crippen molar-refractivity contribution in [2.24, 2.45) is 5.41 Å². The van der Waals surface area contributed by atoms with Crippen molar-refractivity contribution >= 4 is 5.69 Å². The maximum absolute atomic E-state index is 2.70. The summed E-state index contributed by atoms with van der Waals surface area (Å²) in [5.41, 5.74) is 5.04. The number of nitrogens with zero attached hydrogens (tertiary/aromatic N) is 1. The summed E-state index contributed by atoms with van der Waals surface area (Å²) in [4.78, 5) is 2.70. The molecule has 0 spiro atoms. The van der Waals surface area contributed by atoms with Gasteiger partial charge in [-0.15, -0.1) is 0 Å². The standard InChI is InChI=1S/C19H31N/c1-8-10-16-12-9-11-14(2)17(16)20-15(3)18(4,5)13-19(20,6)7/h9,11-12,15H,8,10,13H2,1-7H3. The molecular formula is C19H31N. The minimum Gasteiger partial charge on any atom is -0.363 e. The van der Waals surface area contributed by atoms with Gasteiger partial charge >= 0.3 is 0 Å². The van der Waals surface area contributed by atoms with Gasteiger partial charge in [0, 0.05) is 17.3 Å². The van der Waals surface area contributed by atoms with Crippen LogP contribution in [0.5, 0.6) is 0 Å². The lowest BCUT2D eigenvalue weighted by Crippen LogP contribution is -2.44. The Hall–Kier alpha value is -0.980. The molecule has 0 aromatic heterocycles. The number of aryl methyl sites for hydroxylation is 2. The molecule has 1 aromatic carbocycles. The zero-order chi connectivity index (χ0) is 15.1. The average molecular weight is 273 g/mol. The van der Waals surface area contributed by atoms with Gasteiger partial charge in [0.15, 0.2) is 0 Å². The minimum atomic E-state index is 0.234. The third-order valence-corrected chi connectivity index (χ3v) is 5.14. The molecule has 1 heterocycles. The van der Waals surface area contributed by atoms with Gasteiger partial charge in [-0.2, -0.15) is 0 Å². The average Bonchev–Trinajstić information content (AvgIpc) is 2.46.